The SMILES string of the molecule is COCCOC(=O)Nc1ccc(-c2cnc(Cn3c(C)cc(-c4cc(Cl)ccc4-n4cnnn4)cc3=O)[nH]2)cn1. The molecule has 0 saturated carbocycles. The van der Waals surface area contributed by atoms with Crippen LogP contribution in [0.15, 0.2) is 66.0 Å². The normalized spacial score (nSPS) is 11.0. The van der Waals surface area contributed by atoms with Crippen molar-refractivity contribution in [3.05, 3.63) is 88.1 Å². The number of tetrazole rings is 1. The van der Waals surface area contributed by atoms with Gasteiger partial charge < -0.3 is 19.0 Å². The first-order chi connectivity index (χ1) is 19.4. The number of nitrogens with zero attached hydrogens (tertiary/aromatic N) is 7. The Kier molecular flexibility index (Phi) is 7.94. The molecule has 40 heavy (non-hydrogen) atoms. The Morgan fingerprint density at radius 3 is 2.67 bits per heavy atom. The summed E-state index contributed by atoms with van der Waals surface area (Å²) >= 11 is 6.26. The number of anilines is 1. The van der Waals surface area contributed by atoms with E-state index in [4.69, 9.17) is 21.1 Å². The highest BCUT2D eigenvalue weighted by molar-refractivity contribution is 6.31. The summed E-state index contributed by atoms with van der Waals surface area (Å²) < 4.78 is 12.9. The van der Waals surface area contributed by atoms with E-state index in [1.807, 2.05) is 13.0 Å². The molecule has 0 unspecified atom stereocenters. The molecule has 204 valence electrons. The van der Waals surface area contributed by atoms with E-state index in [1.54, 1.807) is 53.4 Å². The fourth-order valence-electron chi connectivity index (χ4n) is 4.02. The van der Waals surface area contributed by atoms with Crippen molar-refractivity contribution in [2.45, 2.75) is 13.5 Å². The third kappa shape index (κ3) is 6.06. The van der Waals surface area contributed by atoms with Crippen molar-refractivity contribution in [3.63, 3.8) is 0 Å². The number of methoxy groups -OCH3 is 1. The highest BCUT2D eigenvalue weighted by Crippen LogP contribution is 2.29. The molecule has 0 aliphatic rings. The van der Waals surface area contributed by atoms with E-state index in [0.29, 0.717) is 40.2 Å². The summed E-state index contributed by atoms with van der Waals surface area (Å²) in [6.07, 6.45) is 4.13. The lowest BCUT2D eigenvalue weighted by molar-refractivity contribution is 0.107. The van der Waals surface area contributed by atoms with E-state index in [2.05, 4.69) is 35.8 Å². The van der Waals surface area contributed by atoms with Crippen molar-refractivity contribution in [2.75, 3.05) is 25.6 Å². The van der Waals surface area contributed by atoms with Gasteiger partial charge in [0.15, 0.2) is 0 Å². The van der Waals surface area contributed by atoms with Gasteiger partial charge in [-0.05, 0) is 59.3 Å². The predicted molar refractivity (Wildman–Crippen MR) is 146 cm³/mol. The zero-order valence-corrected chi connectivity index (χ0v) is 22.3. The molecule has 0 spiro atoms. The number of H-pyrrole nitrogens is 1. The summed E-state index contributed by atoms with van der Waals surface area (Å²) in [6, 6.07) is 12.2. The number of nitrogens with one attached hydrogen (secondary N) is 2. The quantitative estimate of drug-likeness (QED) is 0.257. The summed E-state index contributed by atoms with van der Waals surface area (Å²) in [5.41, 5.74) is 4.11. The number of aromatic nitrogens is 8. The summed E-state index contributed by atoms with van der Waals surface area (Å²) in [5.74, 6) is 0.935. The minimum atomic E-state index is -0.616. The second kappa shape index (κ2) is 11.9. The first-order valence-corrected chi connectivity index (χ1v) is 12.5. The molecule has 0 bridgehead atoms. The zero-order valence-electron chi connectivity index (χ0n) is 21.5. The first kappa shape index (κ1) is 26.7. The van der Waals surface area contributed by atoms with E-state index in [0.717, 1.165) is 16.8 Å². The summed E-state index contributed by atoms with van der Waals surface area (Å²) in [4.78, 5) is 36.9. The molecule has 0 radical (unpaired) electrons. The number of rotatable bonds is 9. The lowest BCUT2D eigenvalue weighted by Crippen LogP contribution is -2.23. The van der Waals surface area contributed by atoms with Crippen molar-refractivity contribution >= 4 is 23.5 Å². The first-order valence-electron chi connectivity index (χ1n) is 12.1. The van der Waals surface area contributed by atoms with Gasteiger partial charge in [0.1, 0.15) is 24.6 Å². The molecule has 5 aromatic rings. The molecular weight excluding hydrogens is 538 g/mol. The molecule has 4 aromatic heterocycles. The van der Waals surface area contributed by atoms with Crippen LogP contribution in [0.4, 0.5) is 10.6 Å². The van der Waals surface area contributed by atoms with Gasteiger partial charge in [-0.1, -0.05) is 11.6 Å². The molecule has 5 rings (SSSR count). The van der Waals surface area contributed by atoms with Crippen LogP contribution in [0.2, 0.25) is 5.02 Å². The Morgan fingerprint density at radius 1 is 1.07 bits per heavy atom. The molecule has 0 aliphatic carbocycles. The third-order valence-electron chi connectivity index (χ3n) is 5.96. The molecule has 1 amide bonds. The van der Waals surface area contributed by atoms with Gasteiger partial charge in [0.2, 0.25) is 0 Å². The lowest BCUT2D eigenvalue weighted by atomic mass is 10.0. The maximum Gasteiger partial charge on any atom is 0.412 e. The summed E-state index contributed by atoms with van der Waals surface area (Å²) in [5, 5.41) is 14.4. The Hall–Kier alpha value is -4.88. The average Bonchev–Trinajstić information content (AvgIpc) is 3.64. The second-order valence-electron chi connectivity index (χ2n) is 8.66. The monoisotopic (exact) mass is 561 g/mol. The number of ether oxygens (including phenoxy) is 2. The van der Waals surface area contributed by atoms with Crippen molar-refractivity contribution in [2.24, 2.45) is 0 Å². The van der Waals surface area contributed by atoms with Crippen LogP contribution in [0.3, 0.4) is 0 Å². The Morgan fingerprint density at radius 2 is 1.95 bits per heavy atom. The molecular formula is C26H24ClN9O4. The standard InChI is InChI=1S/C26H24ClN9O4/c1-16-9-18(20-11-19(27)4-5-22(20)36-15-30-33-34-36)10-25(37)35(16)14-24-29-13-21(31-24)17-3-6-23(28-12-17)32-26(38)40-8-7-39-2/h3-6,9-13,15H,7-8,14H2,1-2H3,(H,29,31)(H,28,32,38). The number of carbonyl (C=O) groups excluding carboxylic acids is 1. The van der Waals surface area contributed by atoms with E-state index >= 15 is 0 Å². The molecule has 0 aliphatic heterocycles. The summed E-state index contributed by atoms with van der Waals surface area (Å²) in [6.45, 7) is 2.54. The predicted octanol–water partition coefficient (Wildman–Crippen LogP) is 3.48. The van der Waals surface area contributed by atoms with Crippen molar-refractivity contribution in [1.29, 1.82) is 0 Å². The number of aryl methyl sites for hydroxylation is 1. The molecule has 2 N–H and O–H groups in total. The number of hydrogen-bond donors (Lipinski definition) is 2. The molecule has 0 fully saturated rings. The fraction of sp³-hybridized carbons (Fsp3) is 0.192. The molecule has 0 saturated heterocycles. The van der Waals surface area contributed by atoms with E-state index in [-0.39, 0.29) is 18.7 Å². The van der Waals surface area contributed by atoms with Crippen LogP contribution in [0.5, 0.6) is 0 Å². The van der Waals surface area contributed by atoms with Gasteiger partial charge in [-0.15, -0.1) is 5.10 Å². The van der Waals surface area contributed by atoms with Crippen LogP contribution in [0.25, 0.3) is 28.1 Å². The molecule has 14 heteroatoms. The number of hydrogen-bond acceptors (Lipinski definition) is 9. The topological polar surface area (TPSA) is 155 Å². The highest BCUT2D eigenvalue weighted by Gasteiger charge is 2.14. The number of aromatic amines is 1. The van der Waals surface area contributed by atoms with Crippen molar-refractivity contribution < 1.29 is 14.3 Å². The Bertz CT molecular complexity index is 1680. The van der Waals surface area contributed by atoms with Gasteiger partial charge in [0, 0.05) is 41.2 Å². The number of amides is 1. The number of halogens is 1. The minimum absolute atomic E-state index is 0.144. The van der Waals surface area contributed by atoms with E-state index in [1.165, 1.54) is 18.1 Å². The maximum atomic E-state index is 13.2. The number of benzene rings is 1. The van der Waals surface area contributed by atoms with Gasteiger partial charge >= 0.3 is 6.09 Å². The molecule has 0 atom stereocenters. The fourth-order valence-corrected chi connectivity index (χ4v) is 4.20. The van der Waals surface area contributed by atoms with Crippen molar-refractivity contribution in [1.82, 2.24) is 39.7 Å². The van der Waals surface area contributed by atoms with Crippen LogP contribution in [-0.4, -0.2) is 66.1 Å². The third-order valence-corrected chi connectivity index (χ3v) is 6.20. The largest absolute Gasteiger partial charge is 0.447 e. The number of carbonyl (C=O) groups is 1. The van der Waals surface area contributed by atoms with Gasteiger partial charge in [-0.25, -0.2) is 14.8 Å². The molecule has 4 heterocycles. The maximum absolute atomic E-state index is 13.2. The van der Waals surface area contributed by atoms with Crippen LogP contribution in [0.1, 0.15) is 11.5 Å². The van der Waals surface area contributed by atoms with Crippen LogP contribution >= 0.6 is 11.6 Å². The van der Waals surface area contributed by atoms with Crippen molar-refractivity contribution in [3.8, 4) is 28.1 Å². The van der Waals surface area contributed by atoms with Gasteiger partial charge in [0.25, 0.3) is 5.56 Å². The minimum Gasteiger partial charge on any atom is -0.447 e. The van der Waals surface area contributed by atoms with Gasteiger partial charge in [0.05, 0.1) is 30.7 Å². The van der Waals surface area contributed by atoms with E-state index < -0.39 is 6.09 Å². The molecule has 1 aromatic carbocycles. The smallest absolute Gasteiger partial charge is 0.412 e. The Labute approximate surface area is 232 Å². The van der Waals surface area contributed by atoms with Gasteiger partial charge in [-0.3, -0.25) is 10.1 Å². The lowest BCUT2D eigenvalue weighted by Gasteiger charge is -2.13. The van der Waals surface area contributed by atoms with Crippen LogP contribution < -0.4 is 10.9 Å². The van der Waals surface area contributed by atoms with Crippen LogP contribution in [-0.2, 0) is 16.0 Å². The van der Waals surface area contributed by atoms with Crippen LogP contribution in [0, 0.1) is 6.92 Å². The Balaban J connectivity index is 1.32. The average molecular weight is 562 g/mol. The molecule has 13 nitrogen and oxygen atoms in total. The van der Waals surface area contributed by atoms with Gasteiger partial charge in [-0.2, -0.15) is 4.68 Å². The van der Waals surface area contributed by atoms with E-state index in [9.17, 15) is 9.59 Å². The number of pyridine rings is 2. The second-order valence-corrected chi connectivity index (χ2v) is 9.09. The zero-order chi connectivity index (χ0) is 28.1. The number of imidazole rings is 1. The highest BCUT2D eigenvalue weighted by atomic mass is 35.5. The summed E-state index contributed by atoms with van der Waals surface area (Å²) in [7, 11) is 1.52.